The van der Waals surface area contributed by atoms with Crippen LogP contribution in [0.1, 0.15) is 31.2 Å². The number of thiazole rings is 1. The summed E-state index contributed by atoms with van der Waals surface area (Å²) in [6.45, 7) is 0.266. The van der Waals surface area contributed by atoms with Crippen LogP contribution >= 0.6 is 23.1 Å². The van der Waals surface area contributed by atoms with Crippen LogP contribution in [0, 0.1) is 5.92 Å². The quantitative estimate of drug-likeness (QED) is 0.471. The van der Waals surface area contributed by atoms with Crippen LogP contribution in [0.5, 0.6) is 5.75 Å². The van der Waals surface area contributed by atoms with E-state index in [1.165, 1.54) is 24.3 Å². The molecule has 0 radical (unpaired) electrons. The van der Waals surface area contributed by atoms with Gasteiger partial charge in [0.15, 0.2) is 5.13 Å². The van der Waals surface area contributed by atoms with Gasteiger partial charge in [0.25, 0.3) is 0 Å². The van der Waals surface area contributed by atoms with E-state index in [1.54, 1.807) is 0 Å². The van der Waals surface area contributed by atoms with Crippen LogP contribution in [-0.2, 0) is 11.0 Å². The molecular weight excluding hydrogens is 467 g/mol. The highest BCUT2D eigenvalue weighted by Crippen LogP contribution is 2.37. The maximum Gasteiger partial charge on any atom is 0.416 e. The number of halogens is 3. The van der Waals surface area contributed by atoms with Crippen molar-refractivity contribution in [3.8, 4) is 5.75 Å². The van der Waals surface area contributed by atoms with Gasteiger partial charge in [-0.15, -0.1) is 11.8 Å². The van der Waals surface area contributed by atoms with Gasteiger partial charge in [-0.25, -0.2) is 9.78 Å². The first-order valence-electron chi connectivity index (χ1n) is 9.81. The van der Waals surface area contributed by atoms with Crippen LogP contribution in [0.3, 0.4) is 0 Å². The molecule has 2 aromatic rings. The van der Waals surface area contributed by atoms with Crippen LogP contribution < -0.4 is 15.0 Å². The lowest BCUT2D eigenvalue weighted by molar-refractivity contribution is -0.137. The summed E-state index contributed by atoms with van der Waals surface area (Å²) >= 11 is 2.17. The number of carboxylic acid groups (broad SMARTS) is 1. The van der Waals surface area contributed by atoms with Gasteiger partial charge in [0, 0.05) is 18.3 Å². The first-order chi connectivity index (χ1) is 15.2. The second kappa shape index (κ2) is 10.4. The number of hydrogen-bond acceptors (Lipinski definition) is 6. The number of anilines is 2. The molecule has 0 unspecified atom stereocenters. The zero-order chi connectivity index (χ0) is 23.3. The lowest BCUT2D eigenvalue weighted by atomic mass is 10.1. The van der Waals surface area contributed by atoms with Crippen LogP contribution in [0.2, 0.25) is 0 Å². The zero-order valence-corrected chi connectivity index (χ0v) is 18.8. The number of benzene rings is 1. The Hall–Kier alpha value is -2.47. The minimum Gasteiger partial charge on any atom is -0.497 e. The van der Waals surface area contributed by atoms with E-state index in [9.17, 15) is 22.8 Å². The number of rotatable bonds is 8. The summed E-state index contributed by atoms with van der Waals surface area (Å²) in [6, 6.07) is 2.62. The van der Waals surface area contributed by atoms with Crippen molar-refractivity contribution >= 4 is 45.9 Å². The average Bonchev–Trinajstić information content (AvgIpc) is 3.41. The molecule has 0 spiro atoms. The van der Waals surface area contributed by atoms with Crippen molar-refractivity contribution in [1.82, 2.24) is 4.98 Å². The number of aromatic nitrogens is 1. The number of methoxy groups -OCH3 is 1. The van der Waals surface area contributed by atoms with E-state index in [0.717, 1.165) is 60.9 Å². The molecule has 7 nitrogen and oxygen atoms in total. The number of nitrogens with zero attached hydrogens (tertiary/aromatic N) is 2. The highest BCUT2D eigenvalue weighted by Gasteiger charge is 2.33. The first-order valence-corrected chi connectivity index (χ1v) is 11.6. The molecule has 0 saturated heterocycles. The smallest absolute Gasteiger partial charge is 0.416 e. The Balaban J connectivity index is 1.86. The number of carbonyl (C=O) groups is 2. The first kappa shape index (κ1) is 24.2. The maximum atomic E-state index is 13.4. The lowest BCUT2D eigenvalue weighted by Crippen LogP contribution is -2.38. The molecule has 1 heterocycles. The van der Waals surface area contributed by atoms with Crippen molar-refractivity contribution in [3.05, 3.63) is 30.0 Å². The van der Waals surface area contributed by atoms with Crippen LogP contribution in [0.4, 0.5) is 28.8 Å². The third-order valence-corrected chi connectivity index (χ3v) is 7.06. The Bertz CT molecular complexity index is 962. The van der Waals surface area contributed by atoms with E-state index in [2.05, 4.69) is 10.3 Å². The molecule has 1 saturated carbocycles. The van der Waals surface area contributed by atoms with Crippen molar-refractivity contribution < 1.29 is 32.6 Å². The Morgan fingerprint density at radius 3 is 2.66 bits per heavy atom. The number of carbonyl (C=O) groups excluding carboxylic acids is 1. The highest BCUT2D eigenvalue weighted by molar-refractivity contribution is 8.01. The molecule has 174 valence electrons. The average molecular weight is 490 g/mol. The fourth-order valence-corrected chi connectivity index (χ4v) is 5.04. The van der Waals surface area contributed by atoms with Crippen molar-refractivity contribution in [2.75, 3.05) is 29.6 Å². The van der Waals surface area contributed by atoms with Crippen LogP contribution in [-0.4, -0.2) is 41.5 Å². The Kier molecular flexibility index (Phi) is 7.88. The third-order valence-electron chi connectivity index (χ3n) is 4.96. The number of aliphatic carboxylic acids is 1. The minimum absolute atomic E-state index is 0.000604. The molecule has 0 atom stereocenters. The summed E-state index contributed by atoms with van der Waals surface area (Å²) in [5, 5.41) is 11.6. The van der Waals surface area contributed by atoms with Gasteiger partial charge in [-0.1, -0.05) is 24.2 Å². The van der Waals surface area contributed by atoms with E-state index in [0.29, 0.717) is 4.21 Å². The predicted octanol–water partition coefficient (Wildman–Crippen LogP) is 5.58. The van der Waals surface area contributed by atoms with Crippen LogP contribution in [0.15, 0.2) is 28.6 Å². The van der Waals surface area contributed by atoms with Crippen molar-refractivity contribution in [1.29, 1.82) is 0 Å². The molecule has 1 aliphatic rings. The molecule has 0 aliphatic heterocycles. The Labute approximate surface area is 191 Å². The number of alkyl halides is 3. The van der Waals surface area contributed by atoms with E-state index < -0.39 is 23.7 Å². The molecule has 1 fully saturated rings. The number of ether oxygens (including phenoxy) is 1. The van der Waals surface area contributed by atoms with E-state index in [-0.39, 0.29) is 34.8 Å². The summed E-state index contributed by atoms with van der Waals surface area (Å²) in [4.78, 5) is 29.2. The summed E-state index contributed by atoms with van der Waals surface area (Å²) in [5.41, 5.74) is -0.823. The van der Waals surface area contributed by atoms with Gasteiger partial charge in [0.2, 0.25) is 0 Å². The molecule has 2 amide bonds. The molecule has 2 N–H and O–H groups in total. The normalized spacial score (nSPS) is 14.4. The van der Waals surface area contributed by atoms with Gasteiger partial charge in [0.1, 0.15) is 5.75 Å². The van der Waals surface area contributed by atoms with Gasteiger partial charge >= 0.3 is 18.2 Å². The van der Waals surface area contributed by atoms with E-state index in [4.69, 9.17) is 9.84 Å². The highest BCUT2D eigenvalue weighted by atomic mass is 32.2. The fourth-order valence-electron chi connectivity index (χ4n) is 3.45. The van der Waals surface area contributed by atoms with Gasteiger partial charge in [-0.05, 0) is 30.9 Å². The summed E-state index contributed by atoms with van der Waals surface area (Å²) in [7, 11) is 1.27. The molecule has 12 heteroatoms. The number of carboxylic acids is 1. The van der Waals surface area contributed by atoms with Crippen molar-refractivity contribution in [3.63, 3.8) is 0 Å². The molecular formula is C20H22F3N3O4S2. The topological polar surface area (TPSA) is 91.8 Å². The SMILES string of the molecule is COc1cc(N(CC2CCCC2)C(=O)Nc2ncc(SCC(=O)O)s2)cc(C(F)(F)F)c1. The zero-order valence-electron chi connectivity index (χ0n) is 17.1. The van der Waals surface area contributed by atoms with Gasteiger partial charge < -0.3 is 9.84 Å². The second-order valence-corrected chi connectivity index (χ2v) is 9.58. The number of amides is 2. The van der Waals surface area contributed by atoms with Gasteiger partial charge in [-0.2, -0.15) is 13.2 Å². The summed E-state index contributed by atoms with van der Waals surface area (Å²) in [6.07, 6.45) is 0.679. The van der Waals surface area contributed by atoms with E-state index in [1.807, 2.05) is 0 Å². The molecule has 1 aliphatic carbocycles. The monoisotopic (exact) mass is 489 g/mol. The lowest BCUT2D eigenvalue weighted by Gasteiger charge is -2.27. The molecule has 0 bridgehead atoms. The second-order valence-electron chi connectivity index (χ2n) is 7.28. The minimum atomic E-state index is -4.59. The number of hydrogen-bond donors (Lipinski definition) is 2. The maximum absolute atomic E-state index is 13.4. The molecule has 1 aromatic carbocycles. The Morgan fingerprint density at radius 1 is 1.31 bits per heavy atom. The third kappa shape index (κ3) is 6.52. The number of thioether (sulfide) groups is 1. The van der Waals surface area contributed by atoms with Gasteiger partial charge in [-0.3, -0.25) is 15.0 Å². The van der Waals surface area contributed by atoms with Crippen LogP contribution in [0.25, 0.3) is 0 Å². The van der Waals surface area contributed by atoms with Crippen molar-refractivity contribution in [2.45, 2.75) is 36.1 Å². The summed E-state index contributed by atoms with van der Waals surface area (Å²) in [5.74, 6) is -0.942. The molecule has 32 heavy (non-hydrogen) atoms. The summed E-state index contributed by atoms with van der Waals surface area (Å²) < 4.78 is 45.9. The molecule has 3 rings (SSSR count). The van der Waals surface area contributed by atoms with Gasteiger partial charge in [0.05, 0.1) is 28.8 Å². The Morgan fingerprint density at radius 2 is 2.03 bits per heavy atom. The van der Waals surface area contributed by atoms with Crippen molar-refractivity contribution in [2.24, 2.45) is 5.92 Å². The number of nitrogens with one attached hydrogen (secondary N) is 1. The standard InChI is InChI=1S/C20H22F3N3O4S2/c1-30-15-7-13(20(21,22)23)6-14(8-15)26(10-12-4-2-3-5-12)19(29)25-18-24-9-17(32-18)31-11-16(27)28/h6-9,12H,2-5,10-11H2,1H3,(H,27,28)(H,24,25,29). The largest absolute Gasteiger partial charge is 0.497 e. The predicted molar refractivity (Wildman–Crippen MR) is 117 cm³/mol. The number of urea groups is 1. The van der Waals surface area contributed by atoms with E-state index >= 15 is 0 Å². The molecule has 1 aromatic heterocycles. The fraction of sp³-hybridized carbons (Fsp3) is 0.450.